The van der Waals surface area contributed by atoms with E-state index in [9.17, 15) is 0 Å². The largest absolute Gasteiger partial charge is 0.493 e. The number of nitrogens with zero attached hydrogens (tertiary/aromatic N) is 1. The zero-order valence-electron chi connectivity index (χ0n) is 12.0. The Bertz CT molecular complexity index is 412. The first-order chi connectivity index (χ1) is 9.19. The van der Waals surface area contributed by atoms with Crippen LogP contribution in [0.2, 0.25) is 0 Å². The number of piperazine rings is 1. The fraction of sp³-hybridized carbons (Fsp3) is 0.571. The van der Waals surface area contributed by atoms with Crippen LogP contribution in [-0.2, 0) is 0 Å². The Kier molecular flexibility index (Phi) is 4.37. The molecule has 1 heterocycles. The molecule has 0 radical (unpaired) electrons. The summed E-state index contributed by atoms with van der Waals surface area (Å²) in [6, 6.07) is 4.48. The van der Waals surface area contributed by atoms with Crippen LogP contribution in [0.1, 0.15) is 6.92 Å². The van der Waals surface area contributed by atoms with Crippen molar-refractivity contribution in [1.29, 1.82) is 0 Å². The molecule has 1 aromatic carbocycles. The van der Waals surface area contributed by atoms with E-state index in [2.05, 4.69) is 17.1 Å². The molecule has 1 aliphatic heterocycles. The molecule has 5 heteroatoms. The van der Waals surface area contributed by atoms with Crippen LogP contribution in [0.4, 0.5) is 5.69 Å². The van der Waals surface area contributed by atoms with Crippen molar-refractivity contribution >= 4 is 5.69 Å². The molecule has 106 valence electrons. The van der Waals surface area contributed by atoms with Gasteiger partial charge in [0.25, 0.3) is 0 Å². The van der Waals surface area contributed by atoms with E-state index in [-0.39, 0.29) is 0 Å². The second-order valence-corrected chi connectivity index (χ2v) is 4.68. The first-order valence-electron chi connectivity index (χ1n) is 6.48. The van der Waals surface area contributed by atoms with Gasteiger partial charge >= 0.3 is 0 Å². The molecule has 1 N–H and O–H groups in total. The molecule has 1 aromatic rings. The minimum atomic E-state index is 0.479. The van der Waals surface area contributed by atoms with Crippen LogP contribution >= 0.6 is 0 Å². The molecule has 1 unspecified atom stereocenters. The molecule has 0 spiro atoms. The Morgan fingerprint density at radius 3 is 2.21 bits per heavy atom. The van der Waals surface area contributed by atoms with Crippen molar-refractivity contribution < 1.29 is 14.2 Å². The highest BCUT2D eigenvalue weighted by Gasteiger charge is 2.20. The maximum atomic E-state index is 5.39. The maximum Gasteiger partial charge on any atom is 0.203 e. The van der Waals surface area contributed by atoms with E-state index < -0.39 is 0 Å². The van der Waals surface area contributed by atoms with Crippen molar-refractivity contribution in [1.82, 2.24) is 5.32 Å². The smallest absolute Gasteiger partial charge is 0.203 e. The van der Waals surface area contributed by atoms with E-state index in [0.717, 1.165) is 25.3 Å². The zero-order chi connectivity index (χ0) is 13.8. The number of anilines is 1. The molecule has 0 aromatic heterocycles. The quantitative estimate of drug-likeness (QED) is 0.895. The number of ether oxygens (including phenoxy) is 3. The van der Waals surface area contributed by atoms with E-state index in [1.165, 1.54) is 0 Å². The second-order valence-electron chi connectivity index (χ2n) is 4.68. The Hall–Kier alpha value is -1.62. The monoisotopic (exact) mass is 266 g/mol. The topological polar surface area (TPSA) is 43.0 Å². The lowest BCUT2D eigenvalue weighted by Gasteiger charge is -2.34. The molecular formula is C14H22N2O3. The number of hydrogen-bond donors (Lipinski definition) is 1. The van der Waals surface area contributed by atoms with Gasteiger partial charge in [0.05, 0.1) is 21.3 Å². The van der Waals surface area contributed by atoms with Crippen molar-refractivity contribution in [3.63, 3.8) is 0 Å². The lowest BCUT2D eigenvalue weighted by Crippen LogP contribution is -2.49. The highest BCUT2D eigenvalue weighted by atomic mass is 16.5. The summed E-state index contributed by atoms with van der Waals surface area (Å²) in [6.45, 7) is 5.11. The molecule has 0 bridgehead atoms. The van der Waals surface area contributed by atoms with Crippen molar-refractivity contribution in [2.75, 3.05) is 45.9 Å². The van der Waals surface area contributed by atoms with Crippen LogP contribution in [0.5, 0.6) is 17.2 Å². The first-order valence-corrected chi connectivity index (χ1v) is 6.48. The molecule has 1 fully saturated rings. The average Bonchev–Trinajstić information content (AvgIpc) is 2.45. The fourth-order valence-corrected chi connectivity index (χ4v) is 2.42. The minimum absolute atomic E-state index is 0.479. The number of rotatable bonds is 4. The van der Waals surface area contributed by atoms with Gasteiger partial charge in [-0.15, -0.1) is 0 Å². The van der Waals surface area contributed by atoms with Gasteiger partial charge < -0.3 is 24.4 Å². The average molecular weight is 266 g/mol. The van der Waals surface area contributed by atoms with Crippen molar-refractivity contribution in [3.05, 3.63) is 12.1 Å². The molecule has 1 aliphatic rings. The molecule has 2 rings (SSSR count). The second kappa shape index (κ2) is 6.02. The highest BCUT2D eigenvalue weighted by Crippen LogP contribution is 2.41. The maximum absolute atomic E-state index is 5.39. The van der Waals surface area contributed by atoms with E-state index in [1.54, 1.807) is 21.3 Å². The van der Waals surface area contributed by atoms with Crippen molar-refractivity contribution in [2.24, 2.45) is 0 Å². The molecule has 0 amide bonds. The minimum Gasteiger partial charge on any atom is -0.493 e. The van der Waals surface area contributed by atoms with Gasteiger partial charge in [-0.3, -0.25) is 0 Å². The summed E-state index contributed by atoms with van der Waals surface area (Å²) in [4.78, 5) is 2.33. The summed E-state index contributed by atoms with van der Waals surface area (Å²) in [5, 5.41) is 3.43. The molecular weight excluding hydrogens is 244 g/mol. The summed E-state index contributed by atoms with van der Waals surface area (Å²) < 4.78 is 16.1. The van der Waals surface area contributed by atoms with E-state index in [0.29, 0.717) is 23.3 Å². The van der Waals surface area contributed by atoms with Gasteiger partial charge in [-0.25, -0.2) is 0 Å². The zero-order valence-corrected chi connectivity index (χ0v) is 12.0. The summed E-state index contributed by atoms with van der Waals surface area (Å²) in [7, 11) is 4.90. The van der Waals surface area contributed by atoms with Crippen LogP contribution < -0.4 is 24.4 Å². The van der Waals surface area contributed by atoms with Crippen LogP contribution in [-0.4, -0.2) is 47.0 Å². The summed E-state index contributed by atoms with van der Waals surface area (Å²) in [5.74, 6) is 2.03. The van der Waals surface area contributed by atoms with Gasteiger partial charge in [0, 0.05) is 43.5 Å². The predicted octanol–water partition coefficient (Wildman–Crippen LogP) is 1.51. The summed E-state index contributed by atoms with van der Waals surface area (Å²) >= 11 is 0. The number of benzene rings is 1. The van der Waals surface area contributed by atoms with Gasteiger partial charge in [0.1, 0.15) is 0 Å². The summed E-state index contributed by atoms with van der Waals surface area (Å²) in [6.07, 6.45) is 0. The third kappa shape index (κ3) is 2.87. The van der Waals surface area contributed by atoms with Crippen molar-refractivity contribution in [3.8, 4) is 17.2 Å². The Labute approximate surface area is 114 Å². The van der Waals surface area contributed by atoms with Crippen LogP contribution in [0.3, 0.4) is 0 Å². The predicted molar refractivity (Wildman–Crippen MR) is 75.8 cm³/mol. The molecule has 19 heavy (non-hydrogen) atoms. The van der Waals surface area contributed by atoms with Gasteiger partial charge in [-0.2, -0.15) is 0 Å². The summed E-state index contributed by atoms with van der Waals surface area (Å²) in [5.41, 5.74) is 1.10. The Morgan fingerprint density at radius 2 is 1.74 bits per heavy atom. The number of nitrogens with one attached hydrogen (secondary N) is 1. The van der Waals surface area contributed by atoms with Crippen molar-refractivity contribution in [2.45, 2.75) is 13.0 Å². The van der Waals surface area contributed by atoms with Crippen LogP contribution in [0.25, 0.3) is 0 Å². The highest BCUT2D eigenvalue weighted by molar-refractivity contribution is 5.63. The normalized spacial score (nSPS) is 19.2. The van der Waals surface area contributed by atoms with Crippen LogP contribution in [0, 0.1) is 0 Å². The first kappa shape index (κ1) is 13.8. The molecule has 0 saturated carbocycles. The third-order valence-corrected chi connectivity index (χ3v) is 3.38. The Morgan fingerprint density at radius 1 is 1.11 bits per heavy atom. The van der Waals surface area contributed by atoms with E-state index >= 15 is 0 Å². The van der Waals surface area contributed by atoms with E-state index in [1.807, 2.05) is 12.1 Å². The van der Waals surface area contributed by atoms with Gasteiger partial charge in [-0.05, 0) is 6.92 Å². The molecule has 1 saturated heterocycles. The SMILES string of the molecule is COc1cc(N2CCNC(C)C2)cc(OC)c1OC. The number of hydrogen-bond acceptors (Lipinski definition) is 5. The van der Waals surface area contributed by atoms with Gasteiger partial charge in [0.15, 0.2) is 11.5 Å². The molecule has 5 nitrogen and oxygen atoms in total. The lowest BCUT2D eigenvalue weighted by atomic mass is 10.2. The molecule has 0 aliphatic carbocycles. The third-order valence-electron chi connectivity index (χ3n) is 3.38. The fourth-order valence-electron chi connectivity index (χ4n) is 2.42. The number of methoxy groups -OCH3 is 3. The van der Waals surface area contributed by atoms with E-state index in [4.69, 9.17) is 14.2 Å². The Balaban J connectivity index is 2.35. The van der Waals surface area contributed by atoms with Gasteiger partial charge in [0.2, 0.25) is 5.75 Å². The standard InChI is InChI=1S/C14H22N2O3/c1-10-9-16(6-5-15-10)11-7-12(17-2)14(19-4)13(8-11)18-3/h7-8,10,15H,5-6,9H2,1-4H3. The van der Waals surface area contributed by atoms with Crippen LogP contribution in [0.15, 0.2) is 12.1 Å². The lowest BCUT2D eigenvalue weighted by molar-refractivity contribution is 0.324. The van der Waals surface area contributed by atoms with Gasteiger partial charge in [-0.1, -0.05) is 0 Å². The molecule has 1 atom stereocenters.